The number of benzene rings is 3. The number of hydrogen-bond acceptors (Lipinski definition) is 7. The fraction of sp³-hybridized carbons (Fsp3) is 0.242. The average Bonchev–Trinajstić information content (AvgIpc) is 3.68. The summed E-state index contributed by atoms with van der Waals surface area (Å²) in [6.45, 7) is 4.14. The van der Waals surface area contributed by atoms with Gasteiger partial charge in [-0.1, -0.05) is 60.2 Å². The molecular weight excluding hydrogens is 514 g/mol. The van der Waals surface area contributed by atoms with Crippen molar-refractivity contribution in [1.29, 1.82) is 0 Å². The van der Waals surface area contributed by atoms with Gasteiger partial charge in [-0.2, -0.15) is 0 Å². The van der Waals surface area contributed by atoms with Crippen LogP contribution in [0.5, 0.6) is 5.75 Å². The van der Waals surface area contributed by atoms with Gasteiger partial charge in [-0.15, -0.1) is 0 Å². The van der Waals surface area contributed by atoms with Gasteiger partial charge in [-0.05, 0) is 49.2 Å². The van der Waals surface area contributed by atoms with Crippen molar-refractivity contribution < 1.29 is 14.2 Å². The third-order valence-electron chi connectivity index (χ3n) is 7.08. The molecule has 2 unspecified atom stereocenters. The number of rotatable bonds is 11. The monoisotopic (exact) mass is 547 g/mol. The highest BCUT2D eigenvalue weighted by molar-refractivity contribution is 5.61. The molecule has 8 heteroatoms. The third kappa shape index (κ3) is 6.62. The molecule has 1 saturated heterocycles. The molecule has 208 valence electrons. The van der Waals surface area contributed by atoms with Gasteiger partial charge in [0.05, 0.1) is 25.2 Å². The Hall–Kier alpha value is -4.53. The number of ether oxygens (including phenoxy) is 3. The van der Waals surface area contributed by atoms with Crippen molar-refractivity contribution in [2.75, 3.05) is 25.1 Å². The van der Waals surface area contributed by atoms with E-state index in [9.17, 15) is 0 Å². The van der Waals surface area contributed by atoms with E-state index in [1.54, 1.807) is 18.7 Å². The summed E-state index contributed by atoms with van der Waals surface area (Å²) in [7, 11) is 0. The van der Waals surface area contributed by atoms with Crippen LogP contribution in [-0.2, 0) is 28.2 Å². The number of aromatic nitrogens is 4. The number of imidazole rings is 1. The predicted molar refractivity (Wildman–Crippen MR) is 158 cm³/mol. The van der Waals surface area contributed by atoms with E-state index >= 15 is 0 Å². The quantitative estimate of drug-likeness (QED) is 0.229. The van der Waals surface area contributed by atoms with Crippen molar-refractivity contribution in [3.8, 4) is 17.0 Å². The lowest BCUT2D eigenvalue weighted by atomic mass is 10.0. The van der Waals surface area contributed by atoms with Crippen LogP contribution in [0.1, 0.15) is 16.7 Å². The first-order valence-electron chi connectivity index (χ1n) is 13.8. The summed E-state index contributed by atoms with van der Waals surface area (Å²) < 4.78 is 20.9. The number of nitrogens with zero attached hydrogens (tertiary/aromatic N) is 4. The van der Waals surface area contributed by atoms with Gasteiger partial charge >= 0.3 is 0 Å². The van der Waals surface area contributed by atoms with Crippen molar-refractivity contribution in [3.63, 3.8) is 0 Å². The zero-order valence-corrected chi connectivity index (χ0v) is 23.0. The molecule has 1 aliphatic heterocycles. The van der Waals surface area contributed by atoms with Crippen molar-refractivity contribution in [3.05, 3.63) is 127 Å². The molecule has 41 heavy (non-hydrogen) atoms. The third-order valence-corrected chi connectivity index (χ3v) is 7.08. The Morgan fingerprint density at radius 2 is 1.80 bits per heavy atom. The lowest BCUT2D eigenvalue weighted by Crippen LogP contribution is -2.34. The van der Waals surface area contributed by atoms with Crippen LogP contribution in [0.15, 0.2) is 110 Å². The summed E-state index contributed by atoms with van der Waals surface area (Å²) in [4.78, 5) is 13.2. The molecule has 2 aromatic heterocycles. The highest BCUT2D eigenvalue weighted by Crippen LogP contribution is 2.36. The summed E-state index contributed by atoms with van der Waals surface area (Å²) in [6, 6.07) is 28.5. The lowest BCUT2D eigenvalue weighted by molar-refractivity contribution is -0.189. The fourth-order valence-corrected chi connectivity index (χ4v) is 4.88. The molecular formula is C33H33N5O3. The number of anilines is 1. The summed E-state index contributed by atoms with van der Waals surface area (Å²) in [5.74, 6) is 0.478. The van der Waals surface area contributed by atoms with E-state index in [4.69, 9.17) is 14.2 Å². The largest absolute Gasteiger partial charge is 0.491 e. The maximum absolute atomic E-state index is 6.52. The van der Waals surface area contributed by atoms with Crippen LogP contribution < -0.4 is 10.1 Å². The van der Waals surface area contributed by atoms with Crippen LogP contribution in [0, 0.1) is 6.92 Å². The SMILES string of the molecule is Cc1ccc(C2(Cn3ccnc3)OCC(COc3ccc(-c4ccnc(NCCc5ccccc5)n4)cc3)O2)cc1. The summed E-state index contributed by atoms with van der Waals surface area (Å²) in [5, 5.41) is 3.32. The molecule has 6 rings (SSSR count). The minimum Gasteiger partial charge on any atom is -0.491 e. The van der Waals surface area contributed by atoms with Crippen LogP contribution >= 0.6 is 0 Å². The van der Waals surface area contributed by atoms with E-state index in [1.165, 1.54) is 11.1 Å². The maximum Gasteiger partial charge on any atom is 0.223 e. The van der Waals surface area contributed by atoms with E-state index in [1.807, 2.05) is 47.2 Å². The van der Waals surface area contributed by atoms with E-state index < -0.39 is 5.79 Å². The van der Waals surface area contributed by atoms with Gasteiger partial charge < -0.3 is 24.1 Å². The molecule has 0 aliphatic carbocycles. The van der Waals surface area contributed by atoms with Crippen LogP contribution in [0.25, 0.3) is 11.3 Å². The Balaban J connectivity index is 1.05. The van der Waals surface area contributed by atoms with Gasteiger partial charge in [0, 0.05) is 36.3 Å². The van der Waals surface area contributed by atoms with Crippen molar-refractivity contribution >= 4 is 5.95 Å². The van der Waals surface area contributed by atoms with Crippen molar-refractivity contribution in [2.45, 2.75) is 31.8 Å². The van der Waals surface area contributed by atoms with Crippen LogP contribution in [-0.4, -0.2) is 45.4 Å². The molecule has 2 atom stereocenters. The van der Waals surface area contributed by atoms with Crippen LogP contribution in [0.4, 0.5) is 5.95 Å². The molecule has 0 spiro atoms. The van der Waals surface area contributed by atoms with Gasteiger partial charge in [0.1, 0.15) is 18.5 Å². The Bertz CT molecular complexity index is 1530. The Kier molecular flexibility index (Phi) is 8.02. The van der Waals surface area contributed by atoms with E-state index in [0.717, 1.165) is 35.5 Å². The van der Waals surface area contributed by atoms with E-state index in [0.29, 0.717) is 25.7 Å². The highest BCUT2D eigenvalue weighted by Gasteiger charge is 2.44. The lowest BCUT2D eigenvalue weighted by Gasteiger charge is -2.29. The first-order valence-corrected chi connectivity index (χ1v) is 13.8. The summed E-state index contributed by atoms with van der Waals surface area (Å²) in [5.41, 5.74) is 5.28. The summed E-state index contributed by atoms with van der Waals surface area (Å²) in [6.07, 6.45) is 7.91. The van der Waals surface area contributed by atoms with Gasteiger partial charge in [-0.3, -0.25) is 0 Å². The van der Waals surface area contributed by atoms with Crippen LogP contribution in [0.2, 0.25) is 0 Å². The second kappa shape index (κ2) is 12.3. The smallest absolute Gasteiger partial charge is 0.223 e. The fourth-order valence-electron chi connectivity index (χ4n) is 4.88. The number of nitrogens with one attached hydrogen (secondary N) is 1. The topological polar surface area (TPSA) is 83.3 Å². The van der Waals surface area contributed by atoms with Gasteiger partial charge in [0.15, 0.2) is 0 Å². The molecule has 1 N–H and O–H groups in total. The molecule has 0 bridgehead atoms. The van der Waals surface area contributed by atoms with Gasteiger partial charge in [0.2, 0.25) is 11.7 Å². The minimum atomic E-state index is -0.897. The van der Waals surface area contributed by atoms with E-state index in [-0.39, 0.29) is 6.10 Å². The number of aryl methyl sites for hydroxylation is 1. The van der Waals surface area contributed by atoms with E-state index in [2.05, 4.69) is 75.7 Å². The molecule has 3 aromatic carbocycles. The van der Waals surface area contributed by atoms with Gasteiger partial charge in [0.25, 0.3) is 0 Å². The first-order chi connectivity index (χ1) is 20.1. The Morgan fingerprint density at radius 3 is 2.59 bits per heavy atom. The maximum atomic E-state index is 6.52. The first kappa shape index (κ1) is 26.7. The molecule has 1 aliphatic rings. The molecule has 0 amide bonds. The van der Waals surface area contributed by atoms with Crippen LogP contribution in [0.3, 0.4) is 0 Å². The molecule has 5 aromatic rings. The van der Waals surface area contributed by atoms with Gasteiger partial charge in [-0.25, -0.2) is 15.0 Å². The predicted octanol–water partition coefficient (Wildman–Crippen LogP) is 5.65. The zero-order valence-electron chi connectivity index (χ0n) is 23.0. The molecule has 0 saturated carbocycles. The highest BCUT2D eigenvalue weighted by atomic mass is 16.8. The van der Waals surface area contributed by atoms with Crippen molar-refractivity contribution in [1.82, 2.24) is 19.5 Å². The molecule has 1 fully saturated rings. The number of hydrogen-bond donors (Lipinski definition) is 1. The summed E-state index contributed by atoms with van der Waals surface area (Å²) >= 11 is 0. The minimum absolute atomic E-state index is 0.217. The second-order valence-corrected chi connectivity index (χ2v) is 10.2. The second-order valence-electron chi connectivity index (χ2n) is 10.2. The van der Waals surface area contributed by atoms with Crippen molar-refractivity contribution in [2.24, 2.45) is 0 Å². The average molecular weight is 548 g/mol. The Labute approximate surface area is 240 Å². The molecule has 3 heterocycles. The zero-order chi connectivity index (χ0) is 27.9. The standard InChI is InChI=1S/C33H33N5O3/c1-25-7-11-28(12-8-25)33(23-38-20-19-34-24-38)40-22-30(41-33)21-39-29-13-9-27(10-14-29)31-16-18-36-32(37-31)35-17-15-26-5-3-2-4-6-26/h2-14,16,18-20,24,30H,15,17,21-23H2,1H3,(H,35,36,37). The normalized spacial score (nSPS) is 18.3. The Morgan fingerprint density at radius 1 is 0.976 bits per heavy atom. The molecule has 0 radical (unpaired) electrons. The molecule has 8 nitrogen and oxygen atoms in total.